The summed E-state index contributed by atoms with van der Waals surface area (Å²) in [6.07, 6.45) is 6.26. The van der Waals surface area contributed by atoms with Crippen molar-refractivity contribution in [1.82, 2.24) is 0 Å². The predicted molar refractivity (Wildman–Crippen MR) is 101 cm³/mol. The number of hydrogen-bond acceptors (Lipinski definition) is 3. The van der Waals surface area contributed by atoms with Gasteiger partial charge in [0.2, 0.25) is 0 Å². The average Bonchev–Trinajstić information content (AvgIpc) is 2.93. The lowest BCUT2D eigenvalue weighted by Gasteiger charge is -2.07. The highest BCUT2D eigenvalue weighted by Crippen LogP contribution is 2.38. The van der Waals surface area contributed by atoms with Crippen molar-refractivity contribution in [2.24, 2.45) is 5.90 Å². The monoisotopic (exact) mass is 357 g/mol. The number of halogens is 1. The van der Waals surface area contributed by atoms with E-state index in [1.807, 2.05) is 25.1 Å². The highest BCUT2D eigenvalue weighted by atomic mass is 32.2. The zero-order chi connectivity index (χ0) is 18.0. The molecule has 2 N–H and O–H groups in total. The first-order valence-corrected chi connectivity index (χ1v) is 9.54. The van der Waals surface area contributed by atoms with Crippen LogP contribution in [0.25, 0.3) is 17.2 Å². The molecular weight excluding hydrogens is 337 g/mol. The minimum atomic E-state index is -1.34. The van der Waals surface area contributed by atoms with E-state index < -0.39 is 16.6 Å². The molecular formula is C20H20FNO2S. The molecule has 3 rings (SSSR count). The van der Waals surface area contributed by atoms with E-state index in [2.05, 4.69) is 18.2 Å². The Morgan fingerprint density at radius 3 is 2.64 bits per heavy atom. The summed E-state index contributed by atoms with van der Waals surface area (Å²) in [5, 5.41) is 0. The van der Waals surface area contributed by atoms with Crippen LogP contribution in [0.3, 0.4) is 0 Å². The summed E-state index contributed by atoms with van der Waals surface area (Å²) >= 11 is 0. The predicted octanol–water partition coefficient (Wildman–Crippen LogP) is 4.09. The van der Waals surface area contributed by atoms with Gasteiger partial charge in [-0.05, 0) is 65.0 Å². The third kappa shape index (κ3) is 3.63. The van der Waals surface area contributed by atoms with Gasteiger partial charge in [-0.3, -0.25) is 4.21 Å². The molecule has 1 aliphatic carbocycles. The van der Waals surface area contributed by atoms with Gasteiger partial charge >= 0.3 is 0 Å². The van der Waals surface area contributed by atoms with Gasteiger partial charge in [-0.25, -0.2) is 10.3 Å². The zero-order valence-electron chi connectivity index (χ0n) is 14.2. The van der Waals surface area contributed by atoms with Crippen LogP contribution in [0.2, 0.25) is 0 Å². The van der Waals surface area contributed by atoms with Gasteiger partial charge in [0, 0.05) is 6.26 Å². The van der Waals surface area contributed by atoms with E-state index in [4.69, 9.17) is 10.7 Å². The normalized spacial score (nSPS) is 16.0. The fourth-order valence-electron chi connectivity index (χ4n) is 3.07. The molecule has 0 saturated heterocycles. The Labute approximate surface area is 149 Å². The summed E-state index contributed by atoms with van der Waals surface area (Å²) < 4.78 is 25.8. The summed E-state index contributed by atoms with van der Waals surface area (Å²) in [5.41, 5.74) is 6.10. The minimum absolute atomic E-state index is 0.239. The van der Waals surface area contributed by atoms with Crippen molar-refractivity contribution in [3.05, 3.63) is 70.5 Å². The number of benzene rings is 2. The van der Waals surface area contributed by atoms with Crippen LogP contribution in [0.1, 0.15) is 28.7 Å². The molecule has 0 amide bonds. The van der Waals surface area contributed by atoms with E-state index in [9.17, 15) is 8.60 Å². The van der Waals surface area contributed by atoms with Crippen molar-refractivity contribution in [3.8, 4) is 0 Å². The molecule has 0 bridgehead atoms. The summed E-state index contributed by atoms with van der Waals surface area (Å²) in [6.45, 7) is 2.34. The minimum Gasteiger partial charge on any atom is -0.304 e. The lowest BCUT2D eigenvalue weighted by atomic mass is 10.0. The maximum absolute atomic E-state index is 14.2. The van der Waals surface area contributed by atoms with Gasteiger partial charge in [-0.15, -0.1) is 0 Å². The van der Waals surface area contributed by atoms with Crippen molar-refractivity contribution >= 4 is 28.0 Å². The molecule has 1 atom stereocenters. The molecule has 5 heteroatoms. The molecule has 0 aromatic heterocycles. The molecule has 25 heavy (non-hydrogen) atoms. The molecule has 1 unspecified atom stereocenters. The smallest absolute Gasteiger partial charge is 0.139 e. The zero-order valence-corrected chi connectivity index (χ0v) is 15.0. The number of nitrogens with two attached hydrogens (primary N) is 1. The molecule has 0 heterocycles. The van der Waals surface area contributed by atoms with E-state index in [1.54, 1.807) is 6.07 Å². The molecule has 0 fully saturated rings. The Balaban J connectivity index is 2.05. The quantitative estimate of drug-likeness (QED) is 0.820. The number of aryl methyl sites for hydroxylation is 1. The number of rotatable bonds is 5. The van der Waals surface area contributed by atoms with Gasteiger partial charge in [-0.1, -0.05) is 30.3 Å². The third-order valence-corrected chi connectivity index (χ3v) is 5.28. The van der Waals surface area contributed by atoms with Gasteiger partial charge in [0.25, 0.3) is 0 Å². The van der Waals surface area contributed by atoms with Crippen molar-refractivity contribution in [1.29, 1.82) is 0 Å². The Kier molecular flexibility index (Phi) is 5.27. The summed E-state index contributed by atoms with van der Waals surface area (Å²) in [4.78, 5) is 4.94. The first kappa shape index (κ1) is 17.7. The van der Waals surface area contributed by atoms with Crippen molar-refractivity contribution in [3.63, 3.8) is 0 Å². The van der Waals surface area contributed by atoms with E-state index in [0.717, 1.165) is 33.4 Å². The first-order chi connectivity index (χ1) is 12.0. The molecule has 1 aliphatic rings. The van der Waals surface area contributed by atoms with Crippen LogP contribution in [0.5, 0.6) is 0 Å². The Hall–Kier alpha value is -2.08. The highest BCUT2D eigenvalue weighted by molar-refractivity contribution is 7.84. The van der Waals surface area contributed by atoms with E-state index in [-0.39, 0.29) is 4.90 Å². The second kappa shape index (κ2) is 7.44. The summed E-state index contributed by atoms with van der Waals surface area (Å²) in [7, 11) is -1.34. The Morgan fingerprint density at radius 1 is 1.24 bits per heavy atom. The van der Waals surface area contributed by atoms with Gasteiger partial charge in [0.15, 0.2) is 0 Å². The maximum atomic E-state index is 14.2. The third-order valence-electron chi connectivity index (χ3n) is 4.34. The molecule has 2 aromatic carbocycles. The molecule has 0 aliphatic heterocycles. The number of hydrogen-bond donors (Lipinski definition) is 1. The van der Waals surface area contributed by atoms with Gasteiger partial charge in [0.1, 0.15) is 5.82 Å². The second-order valence-electron chi connectivity index (χ2n) is 6.03. The molecule has 3 nitrogen and oxygen atoms in total. The van der Waals surface area contributed by atoms with Crippen molar-refractivity contribution in [2.75, 3.05) is 12.9 Å². The lowest BCUT2D eigenvalue weighted by Crippen LogP contribution is -2.01. The van der Waals surface area contributed by atoms with Crippen molar-refractivity contribution < 1.29 is 13.4 Å². The van der Waals surface area contributed by atoms with E-state index >= 15 is 0 Å². The Morgan fingerprint density at radius 2 is 1.96 bits per heavy atom. The topological polar surface area (TPSA) is 52.3 Å². The van der Waals surface area contributed by atoms with Gasteiger partial charge in [0.05, 0.1) is 22.3 Å². The summed E-state index contributed by atoms with van der Waals surface area (Å²) in [5.74, 6) is 4.71. The van der Waals surface area contributed by atoms with Crippen molar-refractivity contribution in [2.45, 2.75) is 18.2 Å². The van der Waals surface area contributed by atoms with Crippen LogP contribution >= 0.6 is 0 Å². The lowest BCUT2D eigenvalue weighted by molar-refractivity contribution is 0.144. The fraction of sp³-hybridized carbons (Fsp3) is 0.200. The Bertz CT molecular complexity index is 903. The van der Waals surface area contributed by atoms with Crippen LogP contribution < -0.4 is 5.90 Å². The molecule has 0 radical (unpaired) electrons. The molecule has 2 aromatic rings. The maximum Gasteiger partial charge on any atom is 0.139 e. The number of allylic oxidation sites excluding steroid dienone is 2. The molecule has 0 saturated carbocycles. The van der Waals surface area contributed by atoms with Crippen LogP contribution in [0.4, 0.5) is 4.39 Å². The fourth-order valence-corrected chi connectivity index (χ4v) is 3.74. The number of fused-ring (bicyclic) bond motifs is 1. The van der Waals surface area contributed by atoms with E-state index in [0.29, 0.717) is 13.0 Å². The molecule has 0 spiro atoms. The van der Waals surface area contributed by atoms with Crippen LogP contribution in [0, 0.1) is 12.7 Å². The standard InChI is InChI=1S/C20H20FNO2S/c1-13-9-20(25(2)23)19(21)12-15(13)11-16-10-14(7-8-24-22)17-5-3-4-6-18(16)17/h3-6,9-12H,7-8,22H2,1-2H3. The molecule has 130 valence electrons. The first-order valence-electron chi connectivity index (χ1n) is 7.98. The second-order valence-corrected chi connectivity index (χ2v) is 7.38. The van der Waals surface area contributed by atoms with Gasteiger partial charge in [-0.2, -0.15) is 0 Å². The van der Waals surface area contributed by atoms with Gasteiger partial charge < -0.3 is 4.84 Å². The van der Waals surface area contributed by atoms with Crippen LogP contribution in [-0.4, -0.2) is 17.1 Å². The largest absolute Gasteiger partial charge is 0.304 e. The van der Waals surface area contributed by atoms with Crippen LogP contribution in [-0.2, 0) is 15.6 Å². The van der Waals surface area contributed by atoms with Crippen LogP contribution in [0.15, 0.2) is 47.4 Å². The summed E-state index contributed by atoms with van der Waals surface area (Å²) in [6, 6.07) is 11.2. The SMILES string of the molecule is Cc1cc(S(C)=O)c(F)cc1C=C1C=C(CCON)c2ccccc21. The highest BCUT2D eigenvalue weighted by Gasteiger charge is 2.18. The van der Waals surface area contributed by atoms with E-state index in [1.165, 1.54) is 12.3 Å². The average molecular weight is 357 g/mol.